The van der Waals surface area contributed by atoms with Crippen molar-refractivity contribution in [3.05, 3.63) is 59.8 Å². The Bertz CT molecular complexity index is 1020. The number of rotatable bonds is 8. The fourth-order valence-corrected chi connectivity index (χ4v) is 5.13. The summed E-state index contributed by atoms with van der Waals surface area (Å²) in [7, 11) is 0. The van der Waals surface area contributed by atoms with Gasteiger partial charge >= 0.3 is 6.03 Å². The van der Waals surface area contributed by atoms with Crippen LogP contribution in [0.4, 0.5) is 4.79 Å². The first-order valence-corrected chi connectivity index (χ1v) is 11.3. The molecule has 1 aromatic carbocycles. The lowest BCUT2D eigenvalue weighted by Crippen LogP contribution is -2.62. The van der Waals surface area contributed by atoms with Gasteiger partial charge in [-0.15, -0.1) is 0 Å². The maximum atomic E-state index is 12.8. The Kier molecular flexibility index (Phi) is 6.35. The van der Waals surface area contributed by atoms with E-state index >= 15 is 0 Å². The highest BCUT2D eigenvalue weighted by Crippen LogP contribution is 2.47. The topological polar surface area (TPSA) is 115 Å². The van der Waals surface area contributed by atoms with Crippen molar-refractivity contribution in [1.29, 1.82) is 0 Å². The molecule has 2 heterocycles. The Hall–Kier alpha value is -3.42. The summed E-state index contributed by atoms with van der Waals surface area (Å²) >= 11 is 0. The van der Waals surface area contributed by atoms with E-state index in [1.165, 1.54) is 4.90 Å². The number of carbonyl (C=O) groups is 3. The van der Waals surface area contributed by atoms with Gasteiger partial charge in [0.15, 0.2) is 0 Å². The van der Waals surface area contributed by atoms with Gasteiger partial charge < -0.3 is 15.8 Å². The first-order chi connectivity index (χ1) is 15.7. The van der Waals surface area contributed by atoms with Gasteiger partial charge in [-0.25, -0.2) is 9.78 Å². The third kappa shape index (κ3) is 5.16. The van der Waals surface area contributed by atoms with Crippen LogP contribution in [0.2, 0.25) is 0 Å². The molecule has 4 rings (SSSR count). The van der Waals surface area contributed by atoms with Crippen molar-refractivity contribution in [3.63, 3.8) is 0 Å². The molecule has 3 N–H and O–H groups in total. The van der Waals surface area contributed by atoms with Gasteiger partial charge in [0, 0.05) is 24.7 Å². The van der Waals surface area contributed by atoms with E-state index in [-0.39, 0.29) is 47.0 Å². The van der Waals surface area contributed by atoms with Crippen LogP contribution in [-0.2, 0) is 11.2 Å². The maximum absolute atomic E-state index is 12.8. The van der Waals surface area contributed by atoms with Gasteiger partial charge in [0.1, 0.15) is 5.56 Å². The van der Waals surface area contributed by atoms with E-state index in [4.69, 9.17) is 10.5 Å². The number of imide groups is 1. The molecule has 2 aromatic rings. The van der Waals surface area contributed by atoms with Crippen molar-refractivity contribution >= 4 is 17.8 Å². The molecule has 1 saturated heterocycles. The molecule has 33 heavy (non-hydrogen) atoms. The average molecular weight is 451 g/mol. The van der Waals surface area contributed by atoms with E-state index in [0.717, 1.165) is 5.56 Å². The number of amides is 4. The first-order valence-electron chi connectivity index (χ1n) is 11.3. The summed E-state index contributed by atoms with van der Waals surface area (Å²) < 4.78 is 5.90. The van der Waals surface area contributed by atoms with Crippen LogP contribution >= 0.6 is 0 Å². The van der Waals surface area contributed by atoms with E-state index in [9.17, 15) is 14.4 Å². The largest absolute Gasteiger partial charge is 0.474 e. The summed E-state index contributed by atoms with van der Waals surface area (Å²) in [5.41, 5.74) is 6.67. The summed E-state index contributed by atoms with van der Waals surface area (Å²) in [6.45, 7) is 4.05. The van der Waals surface area contributed by atoms with Crippen LogP contribution in [0.3, 0.4) is 0 Å². The molecular formula is C25H30N4O4. The molecule has 0 spiro atoms. The fraction of sp³-hybridized carbons (Fsp3) is 0.440. The molecule has 4 amide bonds. The molecule has 174 valence electrons. The number of primary amides is 1. The predicted molar refractivity (Wildman–Crippen MR) is 123 cm³/mol. The molecular weight excluding hydrogens is 420 g/mol. The predicted octanol–water partition coefficient (Wildman–Crippen LogP) is 3.06. The van der Waals surface area contributed by atoms with Crippen LogP contribution in [0.15, 0.2) is 48.7 Å². The summed E-state index contributed by atoms with van der Waals surface area (Å²) in [6.07, 6.45) is 4.44. The number of nitrogens with zero attached hydrogens (tertiary/aromatic N) is 2. The minimum atomic E-state index is -0.583. The van der Waals surface area contributed by atoms with E-state index in [0.29, 0.717) is 32.1 Å². The van der Waals surface area contributed by atoms with E-state index < -0.39 is 5.91 Å². The van der Waals surface area contributed by atoms with Gasteiger partial charge in [0.2, 0.25) is 11.8 Å². The smallest absolute Gasteiger partial charge is 0.324 e. The number of nitrogens with one attached hydrogen (secondary N) is 1. The average Bonchev–Trinajstić information content (AvgIpc) is 2.73. The Morgan fingerprint density at radius 3 is 2.64 bits per heavy atom. The molecule has 2 aliphatic rings. The Morgan fingerprint density at radius 1 is 1.24 bits per heavy atom. The van der Waals surface area contributed by atoms with Crippen LogP contribution in [0.5, 0.6) is 5.88 Å². The monoisotopic (exact) mass is 450 g/mol. The van der Waals surface area contributed by atoms with E-state index in [1.54, 1.807) is 18.3 Å². The van der Waals surface area contributed by atoms with Gasteiger partial charge in [0.25, 0.3) is 5.91 Å². The molecule has 1 aliphatic carbocycles. The molecule has 1 saturated carbocycles. The van der Waals surface area contributed by atoms with Crippen molar-refractivity contribution in [2.24, 2.45) is 11.1 Å². The molecule has 1 aromatic heterocycles. The quantitative estimate of drug-likeness (QED) is 0.641. The lowest BCUT2D eigenvalue weighted by molar-refractivity contribution is -0.136. The second-order valence-corrected chi connectivity index (χ2v) is 9.53. The number of ether oxygens (including phenoxy) is 1. The number of aromatic nitrogens is 1. The van der Waals surface area contributed by atoms with Crippen molar-refractivity contribution in [2.75, 3.05) is 0 Å². The normalized spacial score (nSPS) is 25.7. The Morgan fingerprint density at radius 2 is 1.97 bits per heavy atom. The highest BCUT2D eigenvalue weighted by Gasteiger charge is 2.48. The van der Waals surface area contributed by atoms with E-state index in [2.05, 4.69) is 17.2 Å². The van der Waals surface area contributed by atoms with Crippen LogP contribution in [0.25, 0.3) is 0 Å². The SMILES string of the molecule is CC(CC1(C)CC(N2C(=O)CC(Cc3ccccc3)NC2=O)C1)Oc1ncccc1C(N)=O. The molecule has 8 nitrogen and oxygen atoms in total. The van der Waals surface area contributed by atoms with Crippen LogP contribution in [-0.4, -0.2) is 45.9 Å². The van der Waals surface area contributed by atoms with Gasteiger partial charge in [-0.05, 0) is 55.7 Å². The Labute approximate surface area is 193 Å². The van der Waals surface area contributed by atoms with Gasteiger partial charge in [0.05, 0.1) is 6.10 Å². The Balaban J connectivity index is 1.30. The second-order valence-electron chi connectivity index (χ2n) is 9.53. The third-order valence-electron chi connectivity index (χ3n) is 6.51. The van der Waals surface area contributed by atoms with Crippen LogP contribution < -0.4 is 15.8 Å². The molecule has 0 bridgehead atoms. The highest BCUT2D eigenvalue weighted by molar-refractivity contribution is 5.98. The van der Waals surface area contributed by atoms with Crippen molar-refractivity contribution in [1.82, 2.24) is 15.2 Å². The summed E-state index contributed by atoms with van der Waals surface area (Å²) in [4.78, 5) is 42.7. The molecule has 8 heteroatoms. The first kappa shape index (κ1) is 22.8. The minimum Gasteiger partial charge on any atom is -0.474 e. The lowest BCUT2D eigenvalue weighted by atomic mass is 9.63. The molecule has 1 aliphatic heterocycles. The fourth-order valence-electron chi connectivity index (χ4n) is 5.13. The molecule has 0 radical (unpaired) electrons. The molecule has 2 atom stereocenters. The van der Waals surface area contributed by atoms with Crippen molar-refractivity contribution in [2.45, 2.75) is 64.1 Å². The summed E-state index contributed by atoms with van der Waals surface area (Å²) in [6, 6.07) is 12.5. The van der Waals surface area contributed by atoms with Crippen molar-refractivity contribution < 1.29 is 19.1 Å². The minimum absolute atomic E-state index is 0.0762. The van der Waals surface area contributed by atoms with Crippen molar-refractivity contribution in [3.8, 4) is 5.88 Å². The van der Waals surface area contributed by atoms with Gasteiger partial charge in [-0.1, -0.05) is 37.3 Å². The standard InChI is InChI=1S/C25H30N4O4/c1-16(33-23-20(22(26)31)9-6-10-27-23)13-25(2)14-19(15-25)29-21(30)12-18(28-24(29)32)11-17-7-4-3-5-8-17/h3-10,16,18-19H,11-15H2,1-2H3,(H2,26,31)(H,28,32). The van der Waals surface area contributed by atoms with Gasteiger partial charge in [-0.2, -0.15) is 0 Å². The maximum Gasteiger partial charge on any atom is 0.324 e. The number of carbonyl (C=O) groups excluding carboxylic acids is 3. The van der Waals surface area contributed by atoms with Gasteiger partial charge in [-0.3, -0.25) is 14.5 Å². The zero-order valence-electron chi connectivity index (χ0n) is 19.0. The number of hydrogen-bond acceptors (Lipinski definition) is 5. The number of nitrogens with two attached hydrogens (primary N) is 1. The van der Waals surface area contributed by atoms with Crippen LogP contribution in [0.1, 0.15) is 55.5 Å². The highest BCUT2D eigenvalue weighted by atomic mass is 16.5. The third-order valence-corrected chi connectivity index (χ3v) is 6.51. The zero-order chi connectivity index (χ0) is 23.6. The molecule has 2 fully saturated rings. The zero-order valence-corrected chi connectivity index (χ0v) is 19.0. The second kappa shape index (κ2) is 9.21. The molecule has 2 unspecified atom stereocenters. The number of benzene rings is 1. The number of hydrogen-bond donors (Lipinski definition) is 2. The van der Waals surface area contributed by atoms with Crippen LogP contribution in [0, 0.1) is 5.41 Å². The lowest BCUT2D eigenvalue weighted by Gasteiger charge is -2.51. The summed E-state index contributed by atoms with van der Waals surface area (Å²) in [5.74, 6) is -0.469. The number of pyridine rings is 1. The summed E-state index contributed by atoms with van der Waals surface area (Å²) in [5, 5.41) is 3.00. The number of urea groups is 1. The van der Waals surface area contributed by atoms with E-state index in [1.807, 2.05) is 37.3 Å².